The predicted molar refractivity (Wildman–Crippen MR) is 83.2 cm³/mol. The maximum absolute atomic E-state index is 5.80. The van der Waals surface area contributed by atoms with Crippen molar-refractivity contribution in [1.82, 2.24) is 4.57 Å². The number of nitrogen functional groups attached to an aromatic ring is 1. The number of aryl methyl sites for hydroxylation is 1. The van der Waals surface area contributed by atoms with E-state index in [-0.39, 0.29) is 0 Å². The van der Waals surface area contributed by atoms with E-state index in [1.54, 1.807) is 7.11 Å². The van der Waals surface area contributed by atoms with Crippen molar-refractivity contribution in [2.75, 3.05) is 12.8 Å². The van der Waals surface area contributed by atoms with Crippen LogP contribution in [0.4, 0.5) is 5.69 Å². The minimum Gasteiger partial charge on any atom is -0.496 e. The van der Waals surface area contributed by atoms with Gasteiger partial charge in [-0.2, -0.15) is 0 Å². The number of anilines is 1. The highest BCUT2D eigenvalue weighted by Gasteiger charge is 2.07. The predicted octanol–water partition coefficient (Wildman–Crippen LogP) is 3.59. The lowest BCUT2D eigenvalue weighted by molar-refractivity contribution is 0.409. The first-order chi connectivity index (χ1) is 9.69. The molecule has 1 aromatic heterocycles. The Labute approximate surface area is 118 Å². The Kier molecular flexibility index (Phi) is 3.11. The van der Waals surface area contributed by atoms with Crippen LogP contribution in [-0.2, 0) is 6.54 Å². The fourth-order valence-electron chi connectivity index (χ4n) is 2.59. The molecule has 0 aliphatic heterocycles. The van der Waals surface area contributed by atoms with Crippen molar-refractivity contribution >= 4 is 16.6 Å². The van der Waals surface area contributed by atoms with Crippen molar-refractivity contribution in [3.63, 3.8) is 0 Å². The van der Waals surface area contributed by atoms with E-state index in [0.717, 1.165) is 23.5 Å². The average Bonchev–Trinajstić information content (AvgIpc) is 2.85. The highest BCUT2D eigenvalue weighted by molar-refractivity contribution is 5.83. The molecule has 0 saturated heterocycles. The van der Waals surface area contributed by atoms with E-state index in [4.69, 9.17) is 10.5 Å². The minimum absolute atomic E-state index is 0.721. The molecular formula is C17H18N2O. The van der Waals surface area contributed by atoms with Gasteiger partial charge in [0.05, 0.1) is 13.7 Å². The number of methoxy groups -OCH3 is 1. The zero-order valence-electron chi connectivity index (χ0n) is 11.8. The third kappa shape index (κ3) is 2.11. The first kappa shape index (κ1) is 12.6. The Morgan fingerprint density at radius 1 is 1.15 bits per heavy atom. The Balaban J connectivity index is 2.04. The summed E-state index contributed by atoms with van der Waals surface area (Å²) in [6.07, 6.45) is 2.12. The fourth-order valence-corrected chi connectivity index (χ4v) is 2.59. The summed E-state index contributed by atoms with van der Waals surface area (Å²) in [7, 11) is 1.68. The van der Waals surface area contributed by atoms with Crippen LogP contribution in [0.5, 0.6) is 5.75 Å². The number of nitrogens with two attached hydrogens (primary N) is 1. The molecule has 102 valence electrons. The van der Waals surface area contributed by atoms with Gasteiger partial charge in [-0.3, -0.25) is 0 Å². The van der Waals surface area contributed by atoms with Gasteiger partial charge in [-0.05, 0) is 30.7 Å². The van der Waals surface area contributed by atoms with Crippen LogP contribution in [0.2, 0.25) is 0 Å². The minimum atomic E-state index is 0.721. The summed E-state index contributed by atoms with van der Waals surface area (Å²) in [6.45, 7) is 2.91. The van der Waals surface area contributed by atoms with Crippen LogP contribution in [0.15, 0.2) is 48.7 Å². The highest BCUT2D eigenvalue weighted by Crippen LogP contribution is 2.25. The van der Waals surface area contributed by atoms with E-state index in [2.05, 4.69) is 42.0 Å². The van der Waals surface area contributed by atoms with Crippen LogP contribution in [-0.4, -0.2) is 11.7 Å². The second-order valence-corrected chi connectivity index (χ2v) is 5.02. The Hall–Kier alpha value is -2.42. The van der Waals surface area contributed by atoms with Gasteiger partial charge < -0.3 is 15.0 Å². The zero-order valence-corrected chi connectivity index (χ0v) is 11.8. The van der Waals surface area contributed by atoms with Crippen molar-refractivity contribution in [2.45, 2.75) is 13.5 Å². The van der Waals surface area contributed by atoms with Gasteiger partial charge in [0.2, 0.25) is 0 Å². The van der Waals surface area contributed by atoms with E-state index in [9.17, 15) is 0 Å². The van der Waals surface area contributed by atoms with E-state index in [1.165, 1.54) is 16.5 Å². The Bertz CT molecular complexity index is 759. The van der Waals surface area contributed by atoms with Crippen LogP contribution in [0, 0.1) is 6.92 Å². The lowest BCUT2D eigenvalue weighted by Crippen LogP contribution is -2.01. The Morgan fingerprint density at radius 3 is 2.80 bits per heavy atom. The van der Waals surface area contributed by atoms with Gasteiger partial charge in [-0.1, -0.05) is 18.2 Å². The lowest BCUT2D eigenvalue weighted by atomic mass is 10.1. The van der Waals surface area contributed by atoms with Crippen LogP contribution in [0.3, 0.4) is 0 Å². The van der Waals surface area contributed by atoms with Gasteiger partial charge in [0.15, 0.2) is 0 Å². The summed E-state index contributed by atoms with van der Waals surface area (Å²) in [5.74, 6) is 0.833. The summed E-state index contributed by atoms with van der Waals surface area (Å²) in [5, 5.41) is 1.29. The molecule has 0 aliphatic rings. The van der Waals surface area contributed by atoms with Crippen LogP contribution < -0.4 is 10.5 Å². The molecule has 0 amide bonds. The molecule has 0 radical (unpaired) electrons. The van der Waals surface area contributed by atoms with E-state index in [0.29, 0.717) is 0 Å². The zero-order chi connectivity index (χ0) is 14.1. The number of hydrogen-bond acceptors (Lipinski definition) is 2. The van der Waals surface area contributed by atoms with Crippen molar-refractivity contribution < 1.29 is 4.74 Å². The normalized spacial score (nSPS) is 10.9. The second-order valence-electron chi connectivity index (χ2n) is 5.02. The molecule has 0 fully saturated rings. The molecule has 3 aromatic rings. The van der Waals surface area contributed by atoms with Gasteiger partial charge >= 0.3 is 0 Å². The van der Waals surface area contributed by atoms with Crippen molar-refractivity contribution in [3.8, 4) is 5.75 Å². The first-order valence-corrected chi connectivity index (χ1v) is 6.66. The third-order valence-electron chi connectivity index (χ3n) is 3.68. The third-order valence-corrected chi connectivity index (χ3v) is 3.68. The van der Waals surface area contributed by atoms with E-state index >= 15 is 0 Å². The fraction of sp³-hybridized carbons (Fsp3) is 0.176. The molecule has 0 atom stereocenters. The molecule has 0 aliphatic carbocycles. The molecule has 0 unspecified atom stereocenters. The number of fused-ring (bicyclic) bond motifs is 1. The Morgan fingerprint density at radius 2 is 2.00 bits per heavy atom. The molecule has 0 saturated carbocycles. The van der Waals surface area contributed by atoms with Crippen molar-refractivity contribution in [3.05, 3.63) is 59.8 Å². The van der Waals surface area contributed by atoms with Crippen molar-refractivity contribution in [2.24, 2.45) is 0 Å². The largest absolute Gasteiger partial charge is 0.496 e. The van der Waals surface area contributed by atoms with Gasteiger partial charge in [0.1, 0.15) is 5.75 Å². The van der Waals surface area contributed by atoms with Crippen LogP contribution in [0.1, 0.15) is 11.1 Å². The molecule has 2 aromatic carbocycles. The molecule has 3 rings (SSSR count). The molecule has 2 N–H and O–H groups in total. The van der Waals surface area contributed by atoms with Gasteiger partial charge in [0, 0.05) is 34.4 Å². The summed E-state index contributed by atoms with van der Waals surface area (Å²) in [4.78, 5) is 0. The van der Waals surface area contributed by atoms with Gasteiger partial charge in [0.25, 0.3) is 0 Å². The lowest BCUT2D eigenvalue weighted by Gasteiger charge is -2.11. The number of rotatable bonds is 3. The quantitative estimate of drug-likeness (QED) is 0.736. The topological polar surface area (TPSA) is 40.2 Å². The van der Waals surface area contributed by atoms with Crippen molar-refractivity contribution in [1.29, 1.82) is 0 Å². The molecule has 3 heteroatoms. The maximum Gasteiger partial charge on any atom is 0.125 e. The maximum atomic E-state index is 5.80. The summed E-state index contributed by atoms with van der Waals surface area (Å²) < 4.78 is 7.65. The van der Waals surface area contributed by atoms with Crippen LogP contribution >= 0.6 is 0 Å². The summed E-state index contributed by atoms with van der Waals surface area (Å²) in [5.41, 5.74) is 10.2. The summed E-state index contributed by atoms with van der Waals surface area (Å²) in [6, 6.07) is 14.3. The SMILES string of the molecule is COc1cc(N)ccc1Cn1ccc2c(C)cccc21. The molecular weight excluding hydrogens is 248 g/mol. The molecule has 0 bridgehead atoms. The smallest absolute Gasteiger partial charge is 0.125 e. The standard InChI is InChI=1S/C17H18N2O/c1-12-4-3-5-16-15(12)8-9-19(16)11-13-6-7-14(18)10-17(13)20-2/h3-10H,11,18H2,1-2H3. The first-order valence-electron chi connectivity index (χ1n) is 6.66. The number of hydrogen-bond donors (Lipinski definition) is 1. The van der Waals surface area contributed by atoms with Gasteiger partial charge in [-0.15, -0.1) is 0 Å². The molecule has 3 nitrogen and oxygen atoms in total. The second kappa shape index (κ2) is 4.93. The number of ether oxygens (including phenoxy) is 1. The number of aromatic nitrogens is 1. The molecule has 20 heavy (non-hydrogen) atoms. The number of benzene rings is 2. The van der Waals surface area contributed by atoms with E-state index in [1.807, 2.05) is 18.2 Å². The van der Waals surface area contributed by atoms with Gasteiger partial charge in [-0.25, -0.2) is 0 Å². The summed E-state index contributed by atoms with van der Waals surface area (Å²) >= 11 is 0. The highest BCUT2D eigenvalue weighted by atomic mass is 16.5. The number of nitrogens with zero attached hydrogens (tertiary/aromatic N) is 1. The van der Waals surface area contributed by atoms with Crippen LogP contribution in [0.25, 0.3) is 10.9 Å². The average molecular weight is 266 g/mol. The molecule has 1 heterocycles. The van der Waals surface area contributed by atoms with E-state index < -0.39 is 0 Å². The monoisotopic (exact) mass is 266 g/mol. The molecule has 0 spiro atoms.